The van der Waals surface area contributed by atoms with Crippen LogP contribution in [-0.4, -0.2) is 34.2 Å². The monoisotopic (exact) mass is 394 g/mol. The van der Waals surface area contributed by atoms with Crippen LogP contribution in [0.2, 0.25) is 0 Å². The molecule has 148 valence electrons. The van der Waals surface area contributed by atoms with E-state index in [0.717, 1.165) is 17.7 Å². The highest BCUT2D eigenvalue weighted by Crippen LogP contribution is 2.32. The number of piperidine rings is 1. The highest BCUT2D eigenvalue weighted by atomic mass is 19.4. The number of hydrogen-bond acceptors (Lipinski definition) is 3. The number of anilines is 1. The van der Waals surface area contributed by atoms with Crippen molar-refractivity contribution in [1.29, 1.82) is 0 Å². The molecule has 3 rings (SSSR count). The first-order chi connectivity index (χ1) is 13.2. The largest absolute Gasteiger partial charge is 0.416 e. The molecule has 1 saturated heterocycles. The van der Waals surface area contributed by atoms with E-state index in [2.05, 4.69) is 15.5 Å². The van der Waals surface area contributed by atoms with E-state index in [1.807, 2.05) is 6.92 Å². The lowest BCUT2D eigenvalue weighted by molar-refractivity contribution is -0.137. The Morgan fingerprint density at radius 2 is 2.11 bits per heavy atom. The van der Waals surface area contributed by atoms with Gasteiger partial charge in [0.15, 0.2) is 5.82 Å². The molecule has 0 radical (unpaired) electrons. The average Bonchev–Trinajstić information content (AvgIpc) is 2.63. The van der Waals surface area contributed by atoms with Gasteiger partial charge in [0.25, 0.3) is 0 Å². The molecule has 1 aliphatic heterocycles. The molecule has 1 aromatic carbocycles. The Morgan fingerprint density at radius 3 is 2.75 bits per heavy atom. The van der Waals surface area contributed by atoms with E-state index >= 15 is 0 Å². The molecule has 1 fully saturated rings. The van der Waals surface area contributed by atoms with Gasteiger partial charge in [-0.15, -0.1) is 5.10 Å². The first-order valence-electron chi connectivity index (χ1n) is 8.64. The van der Waals surface area contributed by atoms with E-state index in [4.69, 9.17) is 0 Å². The van der Waals surface area contributed by atoms with Crippen molar-refractivity contribution in [2.45, 2.75) is 19.5 Å². The summed E-state index contributed by atoms with van der Waals surface area (Å²) >= 11 is 0. The minimum absolute atomic E-state index is 0.0843. The summed E-state index contributed by atoms with van der Waals surface area (Å²) in [5, 5.41) is 10.1. The fraction of sp³-hybridized carbons (Fsp3) is 0.316. The lowest BCUT2D eigenvalue weighted by Crippen LogP contribution is -2.42. The van der Waals surface area contributed by atoms with Crippen LogP contribution in [0.15, 0.2) is 42.1 Å². The fourth-order valence-corrected chi connectivity index (χ4v) is 3.08. The van der Waals surface area contributed by atoms with E-state index in [9.17, 15) is 22.4 Å². The summed E-state index contributed by atoms with van der Waals surface area (Å²) < 4.78 is 52.2. The van der Waals surface area contributed by atoms with Crippen LogP contribution in [0.5, 0.6) is 0 Å². The second kappa shape index (κ2) is 7.95. The van der Waals surface area contributed by atoms with Crippen LogP contribution in [0.3, 0.4) is 0 Å². The number of nitrogens with zero attached hydrogens (tertiary/aromatic N) is 3. The van der Waals surface area contributed by atoms with Crippen molar-refractivity contribution in [1.82, 2.24) is 15.1 Å². The minimum Gasteiger partial charge on any atom is -0.324 e. The Morgan fingerprint density at radius 1 is 1.32 bits per heavy atom. The van der Waals surface area contributed by atoms with Crippen LogP contribution in [-0.2, 0) is 6.18 Å². The molecule has 1 N–H and O–H groups in total. The number of urea groups is 1. The van der Waals surface area contributed by atoms with Crippen LogP contribution >= 0.6 is 0 Å². The standard InChI is InChI=1S/C19H18F4N4O/c1-12-11-27(18(28)25-17-3-2-5-24-26-17)6-4-14(12)7-13-8-15(19(21,22)23)10-16(20)9-13/h2-3,5,7-10,12H,4,6,11H2,1H3,(H,25,26,28). The highest BCUT2D eigenvalue weighted by molar-refractivity contribution is 5.88. The number of carbonyl (C=O) groups excluding carboxylic acids is 1. The van der Waals surface area contributed by atoms with Gasteiger partial charge in [0.2, 0.25) is 0 Å². The number of amides is 2. The second-order valence-electron chi connectivity index (χ2n) is 6.63. The van der Waals surface area contributed by atoms with Crippen molar-refractivity contribution in [3.05, 3.63) is 59.0 Å². The summed E-state index contributed by atoms with van der Waals surface area (Å²) in [6.45, 7) is 2.65. The lowest BCUT2D eigenvalue weighted by atomic mass is 9.91. The number of hydrogen-bond donors (Lipinski definition) is 1. The van der Waals surface area contributed by atoms with Gasteiger partial charge in [0.1, 0.15) is 5.82 Å². The van der Waals surface area contributed by atoms with Crippen LogP contribution in [0.1, 0.15) is 24.5 Å². The molecule has 2 aromatic rings. The molecule has 5 nitrogen and oxygen atoms in total. The molecule has 2 heterocycles. The van der Waals surface area contributed by atoms with Crippen molar-refractivity contribution in [3.8, 4) is 0 Å². The first-order valence-corrected chi connectivity index (χ1v) is 8.64. The van der Waals surface area contributed by atoms with Gasteiger partial charge >= 0.3 is 12.2 Å². The molecule has 1 aromatic heterocycles. The van der Waals surface area contributed by atoms with Gasteiger partial charge < -0.3 is 4.90 Å². The number of halogens is 4. The van der Waals surface area contributed by atoms with Gasteiger partial charge in [-0.2, -0.15) is 18.3 Å². The number of rotatable bonds is 2. The average molecular weight is 394 g/mol. The number of carbonyl (C=O) groups is 1. The third-order valence-electron chi connectivity index (χ3n) is 4.49. The molecule has 0 bridgehead atoms. The smallest absolute Gasteiger partial charge is 0.324 e. The van der Waals surface area contributed by atoms with Crippen molar-refractivity contribution in [2.24, 2.45) is 5.92 Å². The van der Waals surface area contributed by atoms with E-state index in [1.54, 1.807) is 23.1 Å². The van der Waals surface area contributed by atoms with E-state index in [1.165, 1.54) is 6.20 Å². The van der Waals surface area contributed by atoms with E-state index in [0.29, 0.717) is 31.4 Å². The van der Waals surface area contributed by atoms with E-state index < -0.39 is 17.6 Å². The van der Waals surface area contributed by atoms with Crippen LogP contribution in [0.4, 0.5) is 28.2 Å². The topological polar surface area (TPSA) is 58.1 Å². The number of nitrogens with one attached hydrogen (secondary N) is 1. The summed E-state index contributed by atoms with van der Waals surface area (Å²) in [7, 11) is 0. The second-order valence-corrected chi connectivity index (χ2v) is 6.63. The molecule has 0 saturated carbocycles. The zero-order chi connectivity index (χ0) is 20.3. The molecule has 0 spiro atoms. The van der Waals surface area contributed by atoms with Gasteiger partial charge in [-0.3, -0.25) is 5.32 Å². The summed E-state index contributed by atoms with van der Waals surface area (Å²) in [5.41, 5.74) is 0.00158. The van der Waals surface area contributed by atoms with Crippen molar-refractivity contribution < 1.29 is 22.4 Å². The van der Waals surface area contributed by atoms with Gasteiger partial charge in [-0.25, -0.2) is 9.18 Å². The Hall–Kier alpha value is -2.97. The van der Waals surface area contributed by atoms with Crippen LogP contribution in [0.25, 0.3) is 6.08 Å². The fourth-order valence-electron chi connectivity index (χ4n) is 3.08. The van der Waals surface area contributed by atoms with Gasteiger partial charge in [-0.1, -0.05) is 18.6 Å². The normalized spacial score (nSPS) is 19.0. The quantitative estimate of drug-likeness (QED) is 0.758. The maximum atomic E-state index is 13.6. The Labute approximate surface area is 159 Å². The highest BCUT2D eigenvalue weighted by Gasteiger charge is 2.31. The minimum atomic E-state index is -4.61. The molecular formula is C19H18F4N4O. The Bertz CT molecular complexity index is 883. The lowest BCUT2D eigenvalue weighted by Gasteiger charge is -2.33. The molecule has 1 aliphatic rings. The first kappa shape index (κ1) is 19.8. The Balaban J connectivity index is 1.70. The van der Waals surface area contributed by atoms with Gasteiger partial charge in [-0.05, 0) is 48.2 Å². The summed E-state index contributed by atoms with van der Waals surface area (Å²) in [6, 6.07) is 5.42. The maximum Gasteiger partial charge on any atom is 0.416 e. The predicted molar refractivity (Wildman–Crippen MR) is 95.8 cm³/mol. The summed E-state index contributed by atoms with van der Waals surface area (Å²) in [6.07, 6.45) is -1.07. The van der Waals surface area contributed by atoms with Crippen molar-refractivity contribution in [2.75, 3.05) is 18.4 Å². The molecule has 1 unspecified atom stereocenters. The molecule has 9 heteroatoms. The third-order valence-corrected chi connectivity index (χ3v) is 4.49. The van der Waals surface area contributed by atoms with E-state index in [-0.39, 0.29) is 17.5 Å². The molecule has 1 atom stereocenters. The summed E-state index contributed by atoms with van der Waals surface area (Å²) in [4.78, 5) is 13.9. The van der Waals surface area contributed by atoms with Crippen LogP contribution < -0.4 is 5.32 Å². The predicted octanol–water partition coefficient (Wildman–Crippen LogP) is 4.59. The number of aromatic nitrogens is 2. The molecule has 28 heavy (non-hydrogen) atoms. The molecule has 0 aliphatic carbocycles. The Kier molecular flexibility index (Phi) is 5.62. The number of alkyl halides is 3. The van der Waals surface area contributed by atoms with Crippen molar-refractivity contribution in [3.63, 3.8) is 0 Å². The third kappa shape index (κ3) is 4.85. The molecule has 2 amide bonds. The zero-order valence-electron chi connectivity index (χ0n) is 15.0. The zero-order valence-corrected chi connectivity index (χ0v) is 15.0. The molecular weight excluding hydrogens is 376 g/mol. The van der Waals surface area contributed by atoms with Gasteiger partial charge in [0, 0.05) is 19.3 Å². The maximum absolute atomic E-state index is 13.6. The van der Waals surface area contributed by atoms with Crippen molar-refractivity contribution >= 4 is 17.9 Å². The number of likely N-dealkylation sites (tertiary alicyclic amines) is 1. The SMILES string of the molecule is CC1CN(C(=O)Nc2cccnn2)CCC1=Cc1cc(F)cc(C(F)(F)F)c1. The van der Waals surface area contributed by atoms with Crippen LogP contribution in [0, 0.1) is 11.7 Å². The summed E-state index contributed by atoms with van der Waals surface area (Å²) in [5.74, 6) is -0.685. The number of benzene rings is 1. The van der Waals surface area contributed by atoms with Gasteiger partial charge in [0.05, 0.1) is 5.56 Å².